The largest absolute Gasteiger partial charge is 0.478 e. The second-order valence-corrected chi connectivity index (χ2v) is 9.65. The number of carboxylic acids is 1. The van der Waals surface area contributed by atoms with Crippen LogP contribution < -0.4 is 5.32 Å². The number of hydrogen-bond acceptors (Lipinski definition) is 5. The van der Waals surface area contributed by atoms with Crippen molar-refractivity contribution in [3.8, 4) is 0 Å². The van der Waals surface area contributed by atoms with Crippen LogP contribution in [0.25, 0.3) is 21.0 Å². The summed E-state index contributed by atoms with van der Waals surface area (Å²) in [4.78, 5) is 28.8. The van der Waals surface area contributed by atoms with Gasteiger partial charge in [-0.3, -0.25) is 4.79 Å². The fourth-order valence-electron chi connectivity index (χ4n) is 3.67. The molecule has 0 aliphatic heterocycles. The summed E-state index contributed by atoms with van der Waals surface area (Å²) in [5.74, 6) is -0.773. The maximum absolute atomic E-state index is 12.7. The molecule has 1 heterocycles. The van der Waals surface area contributed by atoms with Crippen LogP contribution in [0.2, 0.25) is 0 Å². The van der Waals surface area contributed by atoms with Crippen LogP contribution in [0.15, 0.2) is 89.3 Å². The predicted octanol–water partition coefficient (Wildman–Crippen LogP) is 6.69. The molecule has 0 aliphatic rings. The summed E-state index contributed by atoms with van der Waals surface area (Å²) in [5.41, 5.74) is 2.83. The molecule has 0 bridgehead atoms. The molecule has 7 heteroatoms. The number of thioether (sulfide) groups is 1. The van der Waals surface area contributed by atoms with E-state index >= 15 is 0 Å². The molecule has 0 unspecified atom stereocenters. The number of nitrogens with one attached hydrogen (secondary N) is 1. The molecule has 33 heavy (non-hydrogen) atoms. The summed E-state index contributed by atoms with van der Waals surface area (Å²) in [6, 6.07) is 26.4. The third kappa shape index (κ3) is 4.46. The molecule has 0 saturated heterocycles. The molecule has 5 nitrogen and oxygen atoms in total. The Labute approximate surface area is 198 Å². The first kappa shape index (κ1) is 21.2. The molecule has 4 aromatic carbocycles. The van der Waals surface area contributed by atoms with E-state index in [2.05, 4.69) is 41.7 Å². The Balaban J connectivity index is 1.34. The fourth-order valence-corrected chi connectivity index (χ4v) is 5.78. The van der Waals surface area contributed by atoms with E-state index in [4.69, 9.17) is 4.98 Å². The van der Waals surface area contributed by atoms with E-state index in [-0.39, 0.29) is 11.1 Å². The van der Waals surface area contributed by atoms with E-state index in [1.165, 1.54) is 28.5 Å². The molecule has 1 aromatic heterocycles. The van der Waals surface area contributed by atoms with Gasteiger partial charge in [0, 0.05) is 11.4 Å². The number of fused-ring (bicyclic) bond motifs is 2. The minimum Gasteiger partial charge on any atom is -0.478 e. The Morgan fingerprint density at radius 3 is 2.52 bits per heavy atom. The second kappa shape index (κ2) is 9.05. The van der Waals surface area contributed by atoms with Crippen LogP contribution in [0.3, 0.4) is 0 Å². The van der Waals surface area contributed by atoms with Gasteiger partial charge < -0.3 is 10.4 Å². The first-order chi connectivity index (χ1) is 16.1. The molecule has 0 fully saturated rings. The van der Waals surface area contributed by atoms with E-state index in [9.17, 15) is 14.7 Å². The van der Waals surface area contributed by atoms with Gasteiger partial charge in [0.25, 0.3) is 5.91 Å². The van der Waals surface area contributed by atoms with Gasteiger partial charge >= 0.3 is 5.97 Å². The van der Waals surface area contributed by atoms with Crippen molar-refractivity contribution in [3.05, 3.63) is 102 Å². The quantitative estimate of drug-likeness (QED) is 0.270. The normalized spacial score (nSPS) is 11.0. The number of nitrogens with zero attached hydrogens (tertiary/aromatic N) is 1. The number of rotatable bonds is 6. The lowest BCUT2D eigenvalue weighted by Crippen LogP contribution is -2.16. The first-order valence-corrected chi connectivity index (χ1v) is 12.0. The second-order valence-electron chi connectivity index (χ2n) is 7.39. The minimum absolute atomic E-state index is 0.0269. The highest BCUT2D eigenvalue weighted by Gasteiger charge is 2.16. The molecule has 5 aromatic rings. The molecule has 162 valence electrons. The van der Waals surface area contributed by atoms with E-state index in [1.54, 1.807) is 41.3 Å². The van der Waals surface area contributed by atoms with Crippen LogP contribution in [-0.4, -0.2) is 22.0 Å². The monoisotopic (exact) mass is 470 g/mol. The zero-order valence-electron chi connectivity index (χ0n) is 17.3. The van der Waals surface area contributed by atoms with Crippen LogP contribution in [0, 0.1) is 0 Å². The lowest BCUT2D eigenvalue weighted by Gasteiger charge is -2.07. The van der Waals surface area contributed by atoms with E-state index in [0.29, 0.717) is 5.69 Å². The average Bonchev–Trinajstić information content (AvgIpc) is 3.25. The number of carbonyl (C=O) groups excluding carboxylic acids is 1. The van der Waals surface area contributed by atoms with Gasteiger partial charge in [0.2, 0.25) is 0 Å². The maximum Gasteiger partial charge on any atom is 0.336 e. The number of aromatic nitrogens is 1. The predicted molar refractivity (Wildman–Crippen MR) is 134 cm³/mol. The van der Waals surface area contributed by atoms with Crippen LogP contribution >= 0.6 is 23.1 Å². The summed E-state index contributed by atoms with van der Waals surface area (Å²) >= 11 is 3.26. The van der Waals surface area contributed by atoms with Crippen molar-refractivity contribution in [2.75, 3.05) is 5.32 Å². The van der Waals surface area contributed by atoms with Crippen molar-refractivity contribution >= 4 is 61.7 Å². The summed E-state index contributed by atoms with van der Waals surface area (Å²) in [5, 5.41) is 14.6. The van der Waals surface area contributed by atoms with Crippen LogP contribution in [0.1, 0.15) is 26.3 Å². The molecular formula is C26H18N2O3S2. The van der Waals surface area contributed by atoms with Gasteiger partial charge in [-0.15, -0.1) is 11.3 Å². The number of benzene rings is 4. The highest BCUT2D eigenvalue weighted by Crippen LogP contribution is 2.34. The number of anilines is 1. The summed E-state index contributed by atoms with van der Waals surface area (Å²) < 4.78 is 1.91. The number of carbonyl (C=O) groups is 2. The molecule has 0 aliphatic carbocycles. The van der Waals surface area contributed by atoms with Crippen LogP contribution in [0.4, 0.5) is 5.69 Å². The van der Waals surface area contributed by atoms with Crippen molar-refractivity contribution in [1.82, 2.24) is 4.98 Å². The van der Waals surface area contributed by atoms with Gasteiger partial charge in [-0.25, -0.2) is 9.78 Å². The van der Waals surface area contributed by atoms with Crippen molar-refractivity contribution in [3.63, 3.8) is 0 Å². The molecule has 2 N–H and O–H groups in total. The zero-order valence-corrected chi connectivity index (χ0v) is 19.0. The molecular weight excluding hydrogens is 452 g/mol. The minimum atomic E-state index is -1.13. The van der Waals surface area contributed by atoms with Crippen molar-refractivity contribution in [2.45, 2.75) is 10.1 Å². The molecule has 1 amide bonds. The van der Waals surface area contributed by atoms with Crippen LogP contribution in [-0.2, 0) is 5.75 Å². The number of aromatic carboxylic acids is 1. The number of thiazole rings is 1. The first-order valence-electron chi connectivity index (χ1n) is 10.2. The highest BCUT2D eigenvalue weighted by molar-refractivity contribution is 8.00. The Morgan fingerprint density at radius 1 is 0.909 bits per heavy atom. The van der Waals surface area contributed by atoms with Gasteiger partial charge in [-0.1, -0.05) is 66.4 Å². The third-order valence-electron chi connectivity index (χ3n) is 5.26. The van der Waals surface area contributed by atoms with Crippen molar-refractivity contribution in [1.29, 1.82) is 0 Å². The Kier molecular flexibility index (Phi) is 5.81. The molecule has 5 rings (SSSR count). The van der Waals surface area contributed by atoms with Crippen LogP contribution in [0.5, 0.6) is 0 Å². The highest BCUT2D eigenvalue weighted by atomic mass is 32.2. The Bertz CT molecular complexity index is 1510. The van der Waals surface area contributed by atoms with Gasteiger partial charge in [0.1, 0.15) is 0 Å². The van der Waals surface area contributed by atoms with Gasteiger partial charge in [0.05, 0.1) is 21.3 Å². The SMILES string of the molecule is O=C(O)c1ccccc1C(=O)Nc1ccc2nc(SCc3cccc4ccccc34)sc2c1. The molecule has 0 atom stereocenters. The maximum atomic E-state index is 12.7. The number of hydrogen-bond donors (Lipinski definition) is 2. The summed E-state index contributed by atoms with van der Waals surface area (Å²) in [6.45, 7) is 0. The Hall–Kier alpha value is -3.68. The topological polar surface area (TPSA) is 79.3 Å². The van der Waals surface area contributed by atoms with Gasteiger partial charge in [-0.2, -0.15) is 0 Å². The van der Waals surface area contributed by atoms with Gasteiger partial charge in [-0.05, 0) is 46.7 Å². The fraction of sp³-hybridized carbons (Fsp3) is 0.0385. The van der Waals surface area contributed by atoms with E-state index < -0.39 is 11.9 Å². The van der Waals surface area contributed by atoms with Gasteiger partial charge in [0.15, 0.2) is 4.34 Å². The van der Waals surface area contributed by atoms with Crippen molar-refractivity contribution in [2.24, 2.45) is 0 Å². The number of carboxylic acid groups (broad SMARTS) is 1. The zero-order chi connectivity index (χ0) is 22.8. The molecule has 0 spiro atoms. The van der Waals surface area contributed by atoms with E-state index in [1.807, 2.05) is 18.2 Å². The summed E-state index contributed by atoms with van der Waals surface area (Å²) in [6.07, 6.45) is 0. The summed E-state index contributed by atoms with van der Waals surface area (Å²) in [7, 11) is 0. The number of amides is 1. The average molecular weight is 471 g/mol. The third-order valence-corrected chi connectivity index (χ3v) is 7.47. The van der Waals surface area contributed by atoms with E-state index in [0.717, 1.165) is 20.3 Å². The lowest BCUT2D eigenvalue weighted by atomic mass is 10.1. The Morgan fingerprint density at radius 2 is 1.67 bits per heavy atom. The standard InChI is InChI=1S/C26H18N2O3S2/c29-24(20-10-3-4-11-21(20)25(30)31)27-18-12-13-22-23(14-18)33-26(28-22)32-15-17-8-5-7-16-6-1-2-9-19(16)17/h1-14H,15H2,(H,27,29)(H,30,31). The lowest BCUT2D eigenvalue weighted by molar-refractivity contribution is 0.0692. The molecule has 0 radical (unpaired) electrons. The van der Waals surface area contributed by atoms with Crippen molar-refractivity contribution < 1.29 is 14.7 Å². The molecule has 0 saturated carbocycles. The smallest absolute Gasteiger partial charge is 0.336 e.